The molecule has 3 aromatic rings. The third kappa shape index (κ3) is 3.95. The minimum atomic E-state index is -0.0442. The van der Waals surface area contributed by atoms with E-state index in [1.54, 1.807) is 17.0 Å². The van der Waals surface area contributed by atoms with Crippen LogP contribution < -0.4 is 5.56 Å². The van der Waals surface area contributed by atoms with Crippen LogP contribution in [0.4, 0.5) is 0 Å². The molecule has 1 fully saturated rings. The number of benzene rings is 2. The molecule has 2 heterocycles. The highest BCUT2D eigenvalue weighted by Crippen LogP contribution is 2.33. The number of hydrogen-bond acceptors (Lipinski definition) is 3. The first kappa shape index (κ1) is 19.4. The maximum absolute atomic E-state index is 12.9. The lowest BCUT2D eigenvalue weighted by Crippen LogP contribution is -2.31. The number of carbonyl (C=O) groups is 1. The van der Waals surface area contributed by atoms with Crippen LogP contribution in [0.2, 0.25) is 0 Å². The average Bonchev–Trinajstić information content (AvgIpc) is 3.22. The fraction of sp³-hybridized carbons (Fsp3) is 0.375. The van der Waals surface area contributed by atoms with Crippen LogP contribution in [-0.4, -0.2) is 26.9 Å². The third-order valence-corrected chi connectivity index (χ3v) is 6.01. The topological polar surface area (TPSA) is 55.2 Å². The predicted octanol–water partition coefficient (Wildman–Crippen LogP) is 4.16. The summed E-state index contributed by atoms with van der Waals surface area (Å²) in [6.45, 7) is 5.55. The van der Waals surface area contributed by atoms with Crippen LogP contribution in [-0.2, 0) is 11.3 Å². The minimum absolute atomic E-state index is 0.0442. The molecule has 1 aromatic heterocycles. The van der Waals surface area contributed by atoms with Crippen molar-refractivity contribution in [3.8, 4) is 0 Å². The lowest BCUT2D eigenvalue weighted by atomic mass is 9.99. The number of amides is 1. The molecule has 5 heteroatoms. The first-order valence-electron chi connectivity index (χ1n) is 10.4. The Labute approximate surface area is 171 Å². The van der Waals surface area contributed by atoms with E-state index in [-0.39, 0.29) is 17.5 Å². The summed E-state index contributed by atoms with van der Waals surface area (Å²) in [6, 6.07) is 14.0. The van der Waals surface area contributed by atoms with Crippen LogP contribution in [0.15, 0.2) is 53.6 Å². The number of aryl methyl sites for hydroxylation is 3. The Bertz CT molecular complexity index is 1100. The fourth-order valence-electron chi connectivity index (χ4n) is 4.19. The zero-order valence-corrected chi connectivity index (χ0v) is 17.1. The van der Waals surface area contributed by atoms with Crippen LogP contribution in [0.3, 0.4) is 0 Å². The first-order chi connectivity index (χ1) is 14.0. The van der Waals surface area contributed by atoms with E-state index in [0.717, 1.165) is 19.4 Å². The van der Waals surface area contributed by atoms with Crippen LogP contribution in [0.25, 0.3) is 10.9 Å². The second kappa shape index (κ2) is 8.19. The molecular formula is C24H27N3O2. The molecule has 0 unspecified atom stereocenters. The van der Waals surface area contributed by atoms with E-state index in [1.165, 1.54) is 16.7 Å². The van der Waals surface area contributed by atoms with E-state index in [1.807, 2.05) is 23.1 Å². The molecule has 1 saturated heterocycles. The minimum Gasteiger partial charge on any atom is -0.336 e. The molecule has 0 spiro atoms. The van der Waals surface area contributed by atoms with Crippen LogP contribution in [0.1, 0.15) is 48.4 Å². The second-order valence-electron chi connectivity index (χ2n) is 7.95. The van der Waals surface area contributed by atoms with Crippen molar-refractivity contribution in [3.05, 3.63) is 75.8 Å². The molecule has 1 aliphatic heterocycles. The van der Waals surface area contributed by atoms with Gasteiger partial charge in [-0.05, 0) is 61.9 Å². The number of fused-ring (bicyclic) bond motifs is 1. The van der Waals surface area contributed by atoms with Crippen LogP contribution >= 0.6 is 0 Å². The molecule has 5 nitrogen and oxygen atoms in total. The lowest BCUT2D eigenvalue weighted by Gasteiger charge is -2.26. The SMILES string of the molecule is Cc1ccc([C@@H]2CCCN2C(=O)CCCn2cnc3ccccc3c2=O)cc1C. The Hall–Kier alpha value is -2.95. The van der Waals surface area contributed by atoms with Gasteiger partial charge in [0.2, 0.25) is 5.91 Å². The third-order valence-electron chi connectivity index (χ3n) is 6.01. The van der Waals surface area contributed by atoms with Gasteiger partial charge >= 0.3 is 0 Å². The summed E-state index contributed by atoms with van der Waals surface area (Å²) in [5.74, 6) is 0.174. The summed E-state index contributed by atoms with van der Waals surface area (Å²) < 4.78 is 1.61. The standard InChI is InChI=1S/C24H27N3O2/c1-17-11-12-19(15-18(17)2)22-9-5-14-27(22)23(28)10-6-13-26-16-25-21-8-4-3-7-20(21)24(26)29/h3-4,7-8,11-12,15-16,22H,5-6,9-10,13-14H2,1-2H3/t22-/m0/s1. The Kier molecular flexibility index (Phi) is 5.47. The van der Waals surface area contributed by atoms with E-state index >= 15 is 0 Å². The van der Waals surface area contributed by atoms with Crippen molar-refractivity contribution >= 4 is 16.8 Å². The highest BCUT2D eigenvalue weighted by atomic mass is 16.2. The van der Waals surface area contributed by atoms with Gasteiger partial charge in [-0.15, -0.1) is 0 Å². The van der Waals surface area contributed by atoms with Crippen molar-refractivity contribution in [2.45, 2.75) is 52.1 Å². The van der Waals surface area contributed by atoms with E-state index in [2.05, 4.69) is 37.0 Å². The smallest absolute Gasteiger partial charge is 0.261 e. The normalized spacial score (nSPS) is 16.5. The summed E-state index contributed by atoms with van der Waals surface area (Å²) in [4.78, 5) is 31.8. The Morgan fingerprint density at radius 2 is 1.97 bits per heavy atom. The molecule has 0 bridgehead atoms. The molecule has 1 aliphatic rings. The molecule has 1 atom stereocenters. The quantitative estimate of drug-likeness (QED) is 0.658. The van der Waals surface area contributed by atoms with E-state index in [9.17, 15) is 9.59 Å². The molecular weight excluding hydrogens is 362 g/mol. The lowest BCUT2D eigenvalue weighted by molar-refractivity contribution is -0.132. The maximum Gasteiger partial charge on any atom is 0.261 e. The Morgan fingerprint density at radius 1 is 1.14 bits per heavy atom. The van der Waals surface area contributed by atoms with Gasteiger partial charge < -0.3 is 4.90 Å². The van der Waals surface area contributed by atoms with Crippen molar-refractivity contribution in [2.75, 3.05) is 6.54 Å². The monoisotopic (exact) mass is 389 g/mol. The summed E-state index contributed by atoms with van der Waals surface area (Å²) in [5.41, 5.74) is 4.44. The van der Waals surface area contributed by atoms with E-state index in [4.69, 9.17) is 0 Å². The van der Waals surface area contributed by atoms with Gasteiger partial charge in [-0.3, -0.25) is 14.2 Å². The summed E-state index contributed by atoms with van der Waals surface area (Å²) in [6.07, 6.45) is 4.72. The largest absolute Gasteiger partial charge is 0.336 e. The Morgan fingerprint density at radius 3 is 2.79 bits per heavy atom. The van der Waals surface area contributed by atoms with Gasteiger partial charge in [0.1, 0.15) is 0 Å². The van der Waals surface area contributed by atoms with Gasteiger partial charge in [0.25, 0.3) is 5.56 Å². The summed E-state index contributed by atoms with van der Waals surface area (Å²) in [5, 5.41) is 0.621. The predicted molar refractivity (Wildman–Crippen MR) is 115 cm³/mol. The molecule has 150 valence electrons. The summed E-state index contributed by atoms with van der Waals surface area (Å²) >= 11 is 0. The van der Waals surface area contributed by atoms with Crippen molar-refractivity contribution in [1.29, 1.82) is 0 Å². The van der Waals surface area contributed by atoms with Crippen molar-refractivity contribution in [2.24, 2.45) is 0 Å². The summed E-state index contributed by atoms with van der Waals surface area (Å²) in [7, 11) is 0. The number of nitrogens with zero attached hydrogens (tertiary/aromatic N) is 3. The van der Waals surface area contributed by atoms with Gasteiger partial charge in [0, 0.05) is 19.5 Å². The van der Waals surface area contributed by atoms with Gasteiger partial charge in [0.15, 0.2) is 0 Å². The van der Waals surface area contributed by atoms with Gasteiger partial charge in [-0.25, -0.2) is 4.98 Å². The zero-order valence-electron chi connectivity index (χ0n) is 17.1. The molecule has 29 heavy (non-hydrogen) atoms. The highest BCUT2D eigenvalue weighted by Gasteiger charge is 2.29. The maximum atomic E-state index is 12.9. The number of hydrogen-bond donors (Lipinski definition) is 0. The van der Waals surface area contributed by atoms with Gasteiger partial charge in [-0.1, -0.05) is 30.3 Å². The molecule has 0 saturated carbocycles. The number of rotatable bonds is 5. The van der Waals surface area contributed by atoms with Crippen LogP contribution in [0, 0.1) is 13.8 Å². The average molecular weight is 389 g/mol. The fourth-order valence-corrected chi connectivity index (χ4v) is 4.19. The molecule has 0 N–H and O–H groups in total. The molecule has 4 rings (SSSR count). The molecule has 0 radical (unpaired) electrons. The van der Waals surface area contributed by atoms with Crippen molar-refractivity contribution in [1.82, 2.24) is 14.5 Å². The molecule has 0 aliphatic carbocycles. The van der Waals surface area contributed by atoms with Gasteiger partial charge in [0.05, 0.1) is 23.3 Å². The number of aromatic nitrogens is 2. The highest BCUT2D eigenvalue weighted by molar-refractivity contribution is 5.77. The number of para-hydroxylation sites is 1. The second-order valence-corrected chi connectivity index (χ2v) is 7.95. The van der Waals surface area contributed by atoms with E-state index in [0.29, 0.717) is 30.3 Å². The van der Waals surface area contributed by atoms with Crippen molar-refractivity contribution in [3.63, 3.8) is 0 Å². The van der Waals surface area contributed by atoms with Crippen LogP contribution in [0.5, 0.6) is 0 Å². The molecule has 1 amide bonds. The zero-order chi connectivity index (χ0) is 20.4. The van der Waals surface area contributed by atoms with E-state index < -0.39 is 0 Å². The number of carbonyl (C=O) groups excluding carboxylic acids is 1. The Balaban J connectivity index is 1.41. The van der Waals surface area contributed by atoms with Crippen molar-refractivity contribution < 1.29 is 4.79 Å². The number of likely N-dealkylation sites (tertiary alicyclic amines) is 1. The first-order valence-corrected chi connectivity index (χ1v) is 10.4. The molecule has 2 aromatic carbocycles. The van der Waals surface area contributed by atoms with Gasteiger partial charge in [-0.2, -0.15) is 0 Å².